The van der Waals surface area contributed by atoms with E-state index in [-0.39, 0.29) is 22.1 Å². The van der Waals surface area contributed by atoms with Crippen LogP contribution in [0.15, 0.2) is 23.1 Å². The summed E-state index contributed by atoms with van der Waals surface area (Å²) in [4.78, 5) is 0.0788. The molecule has 1 aromatic carbocycles. The molecule has 6 heteroatoms. The van der Waals surface area contributed by atoms with Crippen molar-refractivity contribution in [2.45, 2.75) is 11.3 Å². The SMILES string of the molecule is Nc1ccc(S(=O)(=O)CCCF)cc1Cl. The van der Waals surface area contributed by atoms with Gasteiger partial charge in [-0.25, -0.2) is 8.42 Å². The lowest BCUT2D eigenvalue weighted by atomic mass is 10.3. The van der Waals surface area contributed by atoms with Crippen molar-refractivity contribution in [3.05, 3.63) is 23.2 Å². The van der Waals surface area contributed by atoms with Gasteiger partial charge in [0.1, 0.15) is 0 Å². The van der Waals surface area contributed by atoms with Crippen LogP contribution < -0.4 is 5.73 Å². The molecule has 0 aliphatic carbocycles. The van der Waals surface area contributed by atoms with Crippen LogP contribution in [0.25, 0.3) is 0 Å². The van der Waals surface area contributed by atoms with E-state index in [2.05, 4.69) is 0 Å². The lowest BCUT2D eigenvalue weighted by Crippen LogP contribution is -2.07. The molecule has 1 rings (SSSR count). The Labute approximate surface area is 93.0 Å². The van der Waals surface area contributed by atoms with Gasteiger partial charge < -0.3 is 5.73 Å². The minimum absolute atomic E-state index is 0.00959. The summed E-state index contributed by atoms with van der Waals surface area (Å²) >= 11 is 5.69. The van der Waals surface area contributed by atoms with Crippen LogP contribution in [-0.4, -0.2) is 20.8 Å². The third-order valence-corrected chi connectivity index (χ3v) is 4.00. The molecular weight excluding hydrogens is 241 g/mol. The highest BCUT2D eigenvalue weighted by Gasteiger charge is 2.14. The van der Waals surface area contributed by atoms with Gasteiger partial charge in [-0.2, -0.15) is 0 Å². The van der Waals surface area contributed by atoms with Gasteiger partial charge in [0.2, 0.25) is 0 Å². The van der Waals surface area contributed by atoms with Crippen molar-refractivity contribution in [1.29, 1.82) is 0 Å². The number of rotatable bonds is 4. The lowest BCUT2D eigenvalue weighted by molar-refractivity contribution is 0.484. The molecule has 0 atom stereocenters. The molecule has 0 heterocycles. The zero-order valence-electron chi connectivity index (χ0n) is 7.91. The molecule has 2 N–H and O–H groups in total. The number of sulfone groups is 1. The monoisotopic (exact) mass is 251 g/mol. The molecule has 0 saturated carbocycles. The first-order valence-corrected chi connectivity index (χ1v) is 6.34. The Morgan fingerprint density at radius 3 is 2.60 bits per heavy atom. The topological polar surface area (TPSA) is 60.2 Å². The summed E-state index contributed by atoms with van der Waals surface area (Å²) in [6, 6.07) is 4.07. The average Bonchev–Trinajstić information content (AvgIpc) is 2.19. The number of hydrogen-bond acceptors (Lipinski definition) is 3. The quantitative estimate of drug-likeness (QED) is 0.834. The van der Waals surface area contributed by atoms with E-state index >= 15 is 0 Å². The second kappa shape index (κ2) is 4.81. The van der Waals surface area contributed by atoms with Crippen LogP contribution in [0.2, 0.25) is 5.02 Å². The van der Waals surface area contributed by atoms with E-state index < -0.39 is 16.5 Å². The molecule has 0 saturated heterocycles. The highest BCUT2D eigenvalue weighted by atomic mass is 35.5. The minimum atomic E-state index is -3.44. The highest BCUT2D eigenvalue weighted by Crippen LogP contribution is 2.23. The summed E-state index contributed by atoms with van der Waals surface area (Å²) in [5.41, 5.74) is 5.77. The Morgan fingerprint density at radius 2 is 2.07 bits per heavy atom. The normalized spacial score (nSPS) is 11.6. The number of nitrogen functional groups attached to an aromatic ring is 1. The van der Waals surface area contributed by atoms with E-state index in [9.17, 15) is 12.8 Å². The largest absolute Gasteiger partial charge is 0.398 e. The maximum absolute atomic E-state index is 11.9. The fourth-order valence-electron chi connectivity index (χ4n) is 1.06. The fraction of sp³-hybridized carbons (Fsp3) is 0.333. The van der Waals surface area contributed by atoms with Crippen molar-refractivity contribution in [2.24, 2.45) is 0 Å². The van der Waals surface area contributed by atoms with Gasteiger partial charge >= 0.3 is 0 Å². The van der Waals surface area contributed by atoms with Crippen molar-refractivity contribution < 1.29 is 12.8 Å². The summed E-state index contributed by atoms with van der Waals surface area (Å²) in [7, 11) is -3.44. The van der Waals surface area contributed by atoms with Crippen molar-refractivity contribution in [3.63, 3.8) is 0 Å². The molecule has 0 aromatic heterocycles. The van der Waals surface area contributed by atoms with Crippen LogP contribution in [0, 0.1) is 0 Å². The molecule has 0 amide bonds. The Hall–Kier alpha value is -0.810. The van der Waals surface area contributed by atoms with E-state index in [0.29, 0.717) is 5.69 Å². The van der Waals surface area contributed by atoms with E-state index in [1.54, 1.807) is 0 Å². The Morgan fingerprint density at radius 1 is 1.40 bits per heavy atom. The van der Waals surface area contributed by atoms with Gasteiger partial charge in [-0.05, 0) is 24.6 Å². The summed E-state index contributed by atoms with van der Waals surface area (Å²) in [5, 5.41) is 0.191. The summed E-state index contributed by atoms with van der Waals surface area (Å²) in [6.07, 6.45) is -0.00959. The van der Waals surface area contributed by atoms with Crippen molar-refractivity contribution in [1.82, 2.24) is 0 Å². The number of hydrogen-bond donors (Lipinski definition) is 1. The van der Waals surface area contributed by atoms with E-state index in [1.165, 1.54) is 18.2 Å². The van der Waals surface area contributed by atoms with Crippen LogP contribution in [0.4, 0.5) is 10.1 Å². The van der Waals surface area contributed by atoms with Gasteiger partial charge in [-0.15, -0.1) is 0 Å². The Balaban J connectivity index is 3.00. The van der Waals surface area contributed by atoms with Gasteiger partial charge in [0.15, 0.2) is 9.84 Å². The first-order valence-electron chi connectivity index (χ1n) is 4.31. The third kappa shape index (κ3) is 3.07. The number of benzene rings is 1. The molecule has 0 radical (unpaired) electrons. The molecule has 0 bridgehead atoms. The van der Waals surface area contributed by atoms with Gasteiger partial charge in [0.25, 0.3) is 0 Å². The van der Waals surface area contributed by atoms with Gasteiger partial charge in [0, 0.05) is 0 Å². The molecule has 0 spiro atoms. The summed E-state index contributed by atoms with van der Waals surface area (Å²) in [6.45, 7) is -0.651. The second-order valence-electron chi connectivity index (χ2n) is 3.04. The smallest absolute Gasteiger partial charge is 0.178 e. The Bertz CT molecular complexity index is 447. The molecule has 3 nitrogen and oxygen atoms in total. The zero-order chi connectivity index (χ0) is 11.5. The number of anilines is 1. The molecule has 0 fully saturated rings. The van der Waals surface area contributed by atoms with Gasteiger partial charge in [-0.3, -0.25) is 4.39 Å². The standard InChI is InChI=1S/C9H11ClFNO2S/c10-8-6-7(2-3-9(8)12)15(13,14)5-1-4-11/h2-3,6H,1,4-5,12H2. The first kappa shape index (κ1) is 12.3. The van der Waals surface area contributed by atoms with E-state index in [0.717, 1.165) is 0 Å². The number of halogens is 2. The van der Waals surface area contributed by atoms with Gasteiger partial charge in [0.05, 0.1) is 28.0 Å². The van der Waals surface area contributed by atoms with E-state index in [1.807, 2.05) is 0 Å². The Kier molecular flexibility index (Phi) is 3.93. The van der Waals surface area contributed by atoms with Crippen LogP contribution >= 0.6 is 11.6 Å². The molecule has 0 aliphatic rings. The van der Waals surface area contributed by atoms with Crippen LogP contribution in [-0.2, 0) is 9.84 Å². The predicted octanol–water partition coefficient (Wildman–Crippen LogP) is 2.06. The number of alkyl halides is 1. The average molecular weight is 252 g/mol. The highest BCUT2D eigenvalue weighted by molar-refractivity contribution is 7.91. The van der Waals surface area contributed by atoms with Crippen molar-refractivity contribution >= 4 is 27.1 Å². The number of nitrogens with two attached hydrogens (primary N) is 1. The lowest BCUT2D eigenvalue weighted by Gasteiger charge is -2.04. The molecule has 1 aromatic rings. The molecule has 15 heavy (non-hydrogen) atoms. The molecule has 0 aliphatic heterocycles. The van der Waals surface area contributed by atoms with Crippen molar-refractivity contribution in [3.8, 4) is 0 Å². The molecular formula is C9H11ClFNO2S. The maximum atomic E-state index is 11.9. The molecule has 84 valence electrons. The second-order valence-corrected chi connectivity index (χ2v) is 5.56. The third-order valence-electron chi connectivity index (χ3n) is 1.88. The van der Waals surface area contributed by atoms with Crippen LogP contribution in [0.3, 0.4) is 0 Å². The van der Waals surface area contributed by atoms with E-state index in [4.69, 9.17) is 17.3 Å². The van der Waals surface area contributed by atoms with Crippen molar-refractivity contribution in [2.75, 3.05) is 18.2 Å². The van der Waals surface area contributed by atoms with Crippen LogP contribution in [0.5, 0.6) is 0 Å². The van der Waals surface area contributed by atoms with Gasteiger partial charge in [-0.1, -0.05) is 11.6 Å². The summed E-state index contributed by atoms with van der Waals surface area (Å²) in [5.74, 6) is -0.219. The maximum Gasteiger partial charge on any atom is 0.178 e. The molecule has 0 unspecified atom stereocenters. The van der Waals surface area contributed by atoms with Crippen LogP contribution in [0.1, 0.15) is 6.42 Å². The fourth-order valence-corrected chi connectivity index (χ4v) is 2.61. The predicted molar refractivity (Wildman–Crippen MR) is 58.5 cm³/mol. The first-order chi connectivity index (χ1) is 6.97. The summed E-state index contributed by atoms with van der Waals surface area (Å²) < 4.78 is 35.0. The zero-order valence-corrected chi connectivity index (χ0v) is 9.48. The minimum Gasteiger partial charge on any atom is -0.398 e.